The topological polar surface area (TPSA) is 37.5 Å². The van der Waals surface area contributed by atoms with Crippen LogP contribution in [0.2, 0.25) is 0 Å². The van der Waals surface area contributed by atoms with E-state index >= 15 is 0 Å². The smallest absolute Gasteiger partial charge is 0.143 e. The minimum atomic E-state index is -0.493. The molecule has 2 unspecified atom stereocenters. The van der Waals surface area contributed by atoms with Crippen molar-refractivity contribution in [1.82, 2.24) is 5.32 Å². The number of para-hydroxylation sites is 2. The molecule has 8 aromatic rings. The van der Waals surface area contributed by atoms with E-state index < -0.39 is 5.41 Å². The van der Waals surface area contributed by atoms with Crippen LogP contribution in [0.4, 0.5) is 5.69 Å². The Hall–Kier alpha value is -6.19. The van der Waals surface area contributed by atoms with Gasteiger partial charge in [-0.15, -0.1) is 0 Å². The third kappa shape index (κ3) is 3.25. The van der Waals surface area contributed by atoms with E-state index in [0.29, 0.717) is 0 Å². The van der Waals surface area contributed by atoms with Gasteiger partial charge in [-0.3, -0.25) is 0 Å². The van der Waals surface area contributed by atoms with E-state index in [1.807, 2.05) is 6.07 Å². The van der Waals surface area contributed by atoms with Gasteiger partial charge in [-0.05, 0) is 62.7 Å². The molecule has 2 aliphatic carbocycles. The molecule has 2 heterocycles. The average Bonchev–Trinajstić information content (AvgIpc) is 3.78. The maximum atomic E-state index is 6.71. The van der Waals surface area contributed by atoms with Gasteiger partial charge in [0.25, 0.3) is 0 Å². The molecular weight excluding hydrogens is 585 g/mol. The molecule has 0 amide bonds. The molecule has 224 valence electrons. The van der Waals surface area contributed by atoms with Crippen molar-refractivity contribution in [3.8, 4) is 22.3 Å². The number of amidine groups is 1. The third-order valence-electron chi connectivity index (χ3n) is 10.8. The number of benzene rings is 7. The number of hydrogen-bond acceptors (Lipinski definition) is 3. The second-order valence-electron chi connectivity index (χ2n) is 13.1. The molecule has 0 bridgehead atoms. The van der Waals surface area contributed by atoms with Gasteiger partial charge in [0.15, 0.2) is 0 Å². The van der Waals surface area contributed by atoms with Crippen LogP contribution in [-0.4, -0.2) is 5.84 Å². The van der Waals surface area contributed by atoms with Gasteiger partial charge in [0.1, 0.15) is 17.0 Å². The zero-order valence-electron chi connectivity index (χ0n) is 25.9. The average molecular weight is 613 g/mol. The summed E-state index contributed by atoms with van der Waals surface area (Å²) in [6.45, 7) is 0. The lowest BCUT2D eigenvalue weighted by Crippen LogP contribution is -2.33. The minimum absolute atomic E-state index is 0.00335. The SMILES string of the molecule is c1ccc(C2NC(c3ccc4c(c3)C3(c5ccccc5-4)c4ccccc4-c4c3ccc3c4oc4ccccc43)=Nc3ccccc32)cc1. The zero-order valence-corrected chi connectivity index (χ0v) is 25.9. The van der Waals surface area contributed by atoms with Crippen LogP contribution in [-0.2, 0) is 5.41 Å². The number of rotatable bonds is 2. The maximum absolute atomic E-state index is 6.71. The lowest BCUT2D eigenvalue weighted by molar-refractivity contribution is 0.669. The second-order valence-corrected chi connectivity index (χ2v) is 13.1. The number of nitrogens with one attached hydrogen (secondary N) is 1. The Morgan fingerprint density at radius 3 is 2.15 bits per heavy atom. The molecule has 1 aromatic heterocycles. The summed E-state index contributed by atoms with van der Waals surface area (Å²) >= 11 is 0. The maximum Gasteiger partial charge on any atom is 0.143 e. The molecule has 1 spiro atoms. The summed E-state index contributed by atoms with van der Waals surface area (Å²) in [5.74, 6) is 0.885. The minimum Gasteiger partial charge on any atom is -0.455 e. The first kappa shape index (κ1) is 25.9. The molecule has 3 heteroatoms. The fourth-order valence-electron chi connectivity index (χ4n) is 8.81. The summed E-state index contributed by atoms with van der Waals surface area (Å²) in [5, 5.41) is 6.15. The summed E-state index contributed by atoms with van der Waals surface area (Å²) in [6, 6.07) is 57.0. The van der Waals surface area contributed by atoms with Gasteiger partial charge < -0.3 is 9.73 Å². The van der Waals surface area contributed by atoms with Gasteiger partial charge in [-0.2, -0.15) is 0 Å². The molecule has 7 aromatic carbocycles. The van der Waals surface area contributed by atoms with Crippen molar-refractivity contribution in [2.24, 2.45) is 4.99 Å². The molecular formula is C45H28N2O. The number of fused-ring (bicyclic) bond motifs is 15. The predicted octanol–water partition coefficient (Wildman–Crippen LogP) is 10.7. The Bertz CT molecular complexity index is 2670. The van der Waals surface area contributed by atoms with Crippen LogP contribution in [0, 0.1) is 0 Å². The van der Waals surface area contributed by atoms with Crippen molar-refractivity contribution < 1.29 is 4.42 Å². The van der Waals surface area contributed by atoms with Gasteiger partial charge >= 0.3 is 0 Å². The fraction of sp³-hybridized carbons (Fsp3) is 0.0444. The summed E-state index contributed by atoms with van der Waals surface area (Å²) in [5.41, 5.74) is 16.0. The van der Waals surface area contributed by atoms with Crippen LogP contribution >= 0.6 is 0 Å². The highest BCUT2D eigenvalue weighted by molar-refractivity contribution is 6.13. The molecule has 1 N–H and O–H groups in total. The first-order valence-electron chi connectivity index (χ1n) is 16.6. The molecule has 3 aliphatic rings. The van der Waals surface area contributed by atoms with Crippen LogP contribution in [0.15, 0.2) is 167 Å². The molecule has 2 atom stereocenters. The van der Waals surface area contributed by atoms with Gasteiger partial charge in [0, 0.05) is 27.5 Å². The molecule has 0 saturated heterocycles. The van der Waals surface area contributed by atoms with E-state index in [-0.39, 0.29) is 6.04 Å². The Morgan fingerprint density at radius 2 is 1.25 bits per heavy atom. The Balaban J connectivity index is 1.19. The number of aliphatic imine (C=N–C) groups is 1. The fourth-order valence-corrected chi connectivity index (χ4v) is 8.81. The summed E-state index contributed by atoms with van der Waals surface area (Å²) in [7, 11) is 0. The first-order valence-corrected chi connectivity index (χ1v) is 16.6. The van der Waals surface area contributed by atoms with Gasteiger partial charge in [-0.1, -0.05) is 140 Å². The highest BCUT2D eigenvalue weighted by Crippen LogP contribution is 2.64. The molecule has 11 rings (SSSR count). The van der Waals surface area contributed by atoms with E-state index in [1.54, 1.807) is 0 Å². The first-order chi connectivity index (χ1) is 23.8. The van der Waals surface area contributed by atoms with Crippen molar-refractivity contribution >= 4 is 33.5 Å². The van der Waals surface area contributed by atoms with Crippen molar-refractivity contribution in [1.29, 1.82) is 0 Å². The zero-order chi connectivity index (χ0) is 31.4. The number of furan rings is 1. The van der Waals surface area contributed by atoms with Crippen LogP contribution in [0.25, 0.3) is 44.2 Å². The normalized spacial score (nSPS) is 18.2. The van der Waals surface area contributed by atoms with Crippen molar-refractivity contribution in [3.05, 3.63) is 197 Å². The Labute approximate surface area is 277 Å². The van der Waals surface area contributed by atoms with E-state index in [2.05, 4.69) is 157 Å². The molecule has 3 nitrogen and oxygen atoms in total. The summed E-state index contributed by atoms with van der Waals surface area (Å²) < 4.78 is 6.71. The lowest BCUT2D eigenvalue weighted by atomic mass is 9.70. The summed E-state index contributed by atoms with van der Waals surface area (Å²) in [4.78, 5) is 5.23. The van der Waals surface area contributed by atoms with Gasteiger partial charge in [0.05, 0.1) is 17.1 Å². The van der Waals surface area contributed by atoms with Crippen LogP contribution in [0.5, 0.6) is 0 Å². The largest absolute Gasteiger partial charge is 0.455 e. The quantitative estimate of drug-likeness (QED) is 0.211. The van der Waals surface area contributed by atoms with Crippen LogP contribution in [0.1, 0.15) is 45.0 Å². The third-order valence-corrected chi connectivity index (χ3v) is 10.8. The van der Waals surface area contributed by atoms with Crippen molar-refractivity contribution in [3.63, 3.8) is 0 Å². The highest BCUT2D eigenvalue weighted by atomic mass is 16.3. The van der Waals surface area contributed by atoms with Crippen molar-refractivity contribution in [2.75, 3.05) is 0 Å². The van der Waals surface area contributed by atoms with Crippen molar-refractivity contribution in [2.45, 2.75) is 11.5 Å². The van der Waals surface area contributed by atoms with Gasteiger partial charge in [0.2, 0.25) is 0 Å². The highest BCUT2D eigenvalue weighted by Gasteiger charge is 2.52. The second kappa shape index (κ2) is 9.43. The Kier molecular flexibility index (Phi) is 5.10. The summed E-state index contributed by atoms with van der Waals surface area (Å²) in [6.07, 6.45) is 0. The lowest BCUT2D eigenvalue weighted by Gasteiger charge is -2.31. The standard InChI is InChI=1S/C45H28N2O/c1-2-12-27(13-3-1)42-34-17-6-10-20-39(34)46-44(47-42)28-22-23-30-29-14-4-8-18-35(29)45(38(30)26-28)36-19-9-5-16-33(36)41-37(45)25-24-32-31-15-7-11-21-40(31)48-43(32)41/h1-26,42H,(H,46,47). The van der Waals surface area contributed by atoms with E-state index in [4.69, 9.17) is 9.41 Å². The molecule has 0 saturated carbocycles. The molecule has 0 fully saturated rings. The van der Waals surface area contributed by atoms with Gasteiger partial charge in [-0.25, -0.2) is 4.99 Å². The predicted molar refractivity (Wildman–Crippen MR) is 194 cm³/mol. The molecule has 0 radical (unpaired) electrons. The van der Waals surface area contributed by atoms with Crippen LogP contribution in [0.3, 0.4) is 0 Å². The molecule has 1 aliphatic heterocycles. The molecule has 48 heavy (non-hydrogen) atoms. The Morgan fingerprint density at radius 1 is 0.542 bits per heavy atom. The van der Waals surface area contributed by atoms with E-state index in [9.17, 15) is 0 Å². The van der Waals surface area contributed by atoms with E-state index in [0.717, 1.165) is 39.0 Å². The monoisotopic (exact) mass is 612 g/mol. The van der Waals surface area contributed by atoms with E-state index in [1.165, 1.54) is 55.6 Å². The number of hydrogen-bond donors (Lipinski definition) is 1. The number of nitrogens with zero attached hydrogens (tertiary/aromatic N) is 1. The van der Waals surface area contributed by atoms with Crippen LogP contribution < -0.4 is 5.32 Å².